The third-order valence-electron chi connectivity index (χ3n) is 2.72. The highest BCUT2D eigenvalue weighted by atomic mass is 16.2. The van der Waals surface area contributed by atoms with Crippen LogP contribution in [0.2, 0.25) is 0 Å². The number of carbonyl (C=O) groups excluding carboxylic acids is 1. The highest BCUT2D eigenvalue weighted by Crippen LogP contribution is 2.09. The molecule has 0 heterocycles. The molecule has 2 heteroatoms. The minimum absolute atomic E-state index is 0.217. The van der Waals surface area contributed by atoms with Gasteiger partial charge in [0.15, 0.2) is 0 Å². The van der Waals surface area contributed by atoms with E-state index in [1.807, 2.05) is 49.9 Å². The molecule has 1 aromatic rings. The van der Waals surface area contributed by atoms with Crippen LogP contribution in [0, 0.1) is 6.92 Å². The molecule has 0 aliphatic carbocycles. The molecule has 0 fully saturated rings. The first-order valence-corrected chi connectivity index (χ1v) is 5.51. The van der Waals surface area contributed by atoms with E-state index in [9.17, 15) is 4.79 Å². The van der Waals surface area contributed by atoms with E-state index >= 15 is 0 Å². The summed E-state index contributed by atoms with van der Waals surface area (Å²) in [5.41, 5.74) is 2.33. The summed E-state index contributed by atoms with van der Waals surface area (Å²) >= 11 is 0. The normalized spacial score (nSPS) is 10.1. The number of likely N-dealkylation sites (N-methyl/N-ethyl adjacent to an activating group) is 1. The molecule has 0 aromatic heterocycles. The lowest BCUT2D eigenvalue weighted by molar-refractivity contribution is -0.130. The molecule has 0 unspecified atom stereocenters. The summed E-state index contributed by atoms with van der Waals surface area (Å²) in [5, 5.41) is 0. The van der Waals surface area contributed by atoms with Gasteiger partial charge in [-0.1, -0.05) is 24.3 Å². The molecule has 2 nitrogen and oxygen atoms in total. The van der Waals surface area contributed by atoms with Crippen LogP contribution in [0.25, 0.3) is 0 Å². The SMILES string of the molecule is CCN(CC)C(=O)Cc1ccccc1C. The summed E-state index contributed by atoms with van der Waals surface area (Å²) in [6, 6.07) is 8.06. The van der Waals surface area contributed by atoms with Crippen LogP contribution in [0.3, 0.4) is 0 Å². The highest BCUT2D eigenvalue weighted by Gasteiger charge is 2.10. The summed E-state index contributed by atoms with van der Waals surface area (Å²) in [5.74, 6) is 0.217. The van der Waals surface area contributed by atoms with Crippen molar-refractivity contribution in [3.05, 3.63) is 35.4 Å². The largest absolute Gasteiger partial charge is 0.343 e. The maximum Gasteiger partial charge on any atom is 0.226 e. The van der Waals surface area contributed by atoms with Crippen molar-refractivity contribution in [2.45, 2.75) is 27.2 Å². The van der Waals surface area contributed by atoms with Crippen molar-refractivity contribution in [2.24, 2.45) is 0 Å². The van der Waals surface area contributed by atoms with Gasteiger partial charge >= 0.3 is 0 Å². The van der Waals surface area contributed by atoms with Crippen molar-refractivity contribution in [1.29, 1.82) is 0 Å². The van der Waals surface area contributed by atoms with Crippen LogP contribution >= 0.6 is 0 Å². The molecule has 0 radical (unpaired) electrons. The second kappa shape index (κ2) is 5.54. The molecule has 0 bridgehead atoms. The number of aryl methyl sites for hydroxylation is 1. The summed E-state index contributed by atoms with van der Waals surface area (Å²) in [4.78, 5) is 13.7. The second-order valence-electron chi connectivity index (χ2n) is 3.67. The van der Waals surface area contributed by atoms with Crippen LogP contribution in [-0.4, -0.2) is 23.9 Å². The molecule has 0 saturated carbocycles. The lowest BCUT2D eigenvalue weighted by Crippen LogP contribution is -2.31. The van der Waals surface area contributed by atoms with Gasteiger partial charge in [-0.2, -0.15) is 0 Å². The average Bonchev–Trinajstić information content (AvgIpc) is 2.23. The van der Waals surface area contributed by atoms with Gasteiger partial charge in [-0.05, 0) is 31.9 Å². The summed E-state index contributed by atoms with van der Waals surface area (Å²) < 4.78 is 0. The molecule has 0 aliphatic heterocycles. The van der Waals surface area contributed by atoms with E-state index in [1.54, 1.807) is 0 Å². The summed E-state index contributed by atoms with van der Waals surface area (Å²) in [7, 11) is 0. The molecule has 1 rings (SSSR count). The molecular weight excluding hydrogens is 186 g/mol. The Balaban J connectivity index is 2.70. The third-order valence-corrected chi connectivity index (χ3v) is 2.72. The van der Waals surface area contributed by atoms with E-state index in [4.69, 9.17) is 0 Å². The van der Waals surface area contributed by atoms with E-state index < -0.39 is 0 Å². The first-order valence-electron chi connectivity index (χ1n) is 5.51. The van der Waals surface area contributed by atoms with Crippen molar-refractivity contribution in [3.8, 4) is 0 Å². The lowest BCUT2D eigenvalue weighted by atomic mass is 10.1. The van der Waals surface area contributed by atoms with E-state index in [0.29, 0.717) is 6.42 Å². The quantitative estimate of drug-likeness (QED) is 0.739. The monoisotopic (exact) mass is 205 g/mol. The minimum Gasteiger partial charge on any atom is -0.343 e. The van der Waals surface area contributed by atoms with E-state index in [0.717, 1.165) is 18.7 Å². The van der Waals surface area contributed by atoms with Gasteiger partial charge in [0.05, 0.1) is 6.42 Å². The molecule has 1 aromatic carbocycles. The van der Waals surface area contributed by atoms with E-state index in [1.165, 1.54) is 5.56 Å². The predicted molar refractivity (Wildman–Crippen MR) is 62.8 cm³/mol. The van der Waals surface area contributed by atoms with Gasteiger partial charge in [0.2, 0.25) is 5.91 Å². The topological polar surface area (TPSA) is 20.3 Å². The number of benzene rings is 1. The van der Waals surface area contributed by atoms with E-state index in [2.05, 4.69) is 0 Å². The fourth-order valence-electron chi connectivity index (χ4n) is 1.66. The Morgan fingerprint density at radius 3 is 2.33 bits per heavy atom. The molecule has 1 amide bonds. The average molecular weight is 205 g/mol. The number of nitrogens with zero attached hydrogens (tertiary/aromatic N) is 1. The Morgan fingerprint density at radius 1 is 1.20 bits per heavy atom. The smallest absolute Gasteiger partial charge is 0.226 e. The lowest BCUT2D eigenvalue weighted by Gasteiger charge is -2.19. The van der Waals surface area contributed by atoms with Gasteiger partial charge in [-0.3, -0.25) is 4.79 Å². The van der Waals surface area contributed by atoms with Crippen LogP contribution in [-0.2, 0) is 11.2 Å². The maximum atomic E-state index is 11.9. The molecule has 15 heavy (non-hydrogen) atoms. The van der Waals surface area contributed by atoms with Crippen molar-refractivity contribution >= 4 is 5.91 Å². The molecule has 0 atom stereocenters. The predicted octanol–water partition coefficient (Wildman–Crippen LogP) is 2.41. The van der Waals surface area contributed by atoms with Gasteiger partial charge in [-0.15, -0.1) is 0 Å². The highest BCUT2D eigenvalue weighted by molar-refractivity contribution is 5.79. The molecule has 0 spiro atoms. The summed E-state index contributed by atoms with van der Waals surface area (Å²) in [6.45, 7) is 7.66. The van der Waals surface area contributed by atoms with Gasteiger partial charge in [0, 0.05) is 13.1 Å². The van der Waals surface area contributed by atoms with Crippen LogP contribution in [0.4, 0.5) is 0 Å². The number of hydrogen-bond acceptors (Lipinski definition) is 1. The maximum absolute atomic E-state index is 11.9. The molecule has 0 N–H and O–H groups in total. The van der Waals surface area contributed by atoms with Crippen molar-refractivity contribution in [3.63, 3.8) is 0 Å². The Morgan fingerprint density at radius 2 is 1.80 bits per heavy atom. The standard InChI is InChI=1S/C13H19NO/c1-4-14(5-2)13(15)10-12-9-7-6-8-11(12)3/h6-9H,4-5,10H2,1-3H3. The number of amides is 1. The Kier molecular flexibility index (Phi) is 4.35. The zero-order valence-electron chi connectivity index (χ0n) is 9.79. The summed E-state index contributed by atoms with van der Waals surface area (Å²) in [6.07, 6.45) is 0.522. The molecule has 0 aliphatic rings. The fraction of sp³-hybridized carbons (Fsp3) is 0.462. The van der Waals surface area contributed by atoms with Gasteiger partial charge in [-0.25, -0.2) is 0 Å². The van der Waals surface area contributed by atoms with Crippen LogP contribution in [0.5, 0.6) is 0 Å². The first-order chi connectivity index (χ1) is 7.19. The fourth-order valence-corrected chi connectivity index (χ4v) is 1.66. The van der Waals surface area contributed by atoms with E-state index in [-0.39, 0.29) is 5.91 Å². The Bertz CT molecular complexity index is 329. The molecular formula is C13H19NO. The van der Waals surface area contributed by atoms with Crippen molar-refractivity contribution in [1.82, 2.24) is 4.90 Å². The van der Waals surface area contributed by atoms with Gasteiger partial charge in [0.1, 0.15) is 0 Å². The molecule has 82 valence electrons. The van der Waals surface area contributed by atoms with Crippen LogP contribution in [0.1, 0.15) is 25.0 Å². The van der Waals surface area contributed by atoms with Crippen LogP contribution < -0.4 is 0 Å². The van der Waals surface area contributed by atoms with Gasteiger partial charge in [0.25, 0.3) is 0 Å². The van der Waals surface area contributed by atoms with Crippen molar-refractivity contribution in [2.75, 3.05) is 13.1 Å². The number of hydrogen-bond donors (Lipinski definition) is 0. The van der Waals surface area contributed by atoms with Gasteiger partial charge < -0.3 is 4.90 Å². The minimum atomic E-state index is 0.217. The van der Waals surface area contributed by atoms with Crippen molar-refractivity contribution < 1.29 is 4.79 Å². The number of rotatable bonds is 4. The Hall–Kier alpha value is -1.31. The number of carbonyl (C=O) groups is 1. The second-order valence-corrected chi connectivity index (χ2v) is 3.67. The first kappa shape index (κ1) is 11.8. The molecule has 0 saturated heterocycles. The third kappa shape index (κ3) is 3.08. The van der Waals surface area contributed by atoms with Crippen LogP contribution in [0.15, 0.2) is 24.3 Å². The Labute approximate surface area is 91.9 Å². The zero-order valence-corrected chi connectivity index (χ0v) is 9.79. The zero-order chi connectivity index (χ0) is 11.3.